The highest BCUT2D eigenvalue weighted by molar-refractivity contribution is 8.13. The lowest BCUT2D eigenvalue weighted by Crippen LogP contribution is -2.52. The largest absolute Gasteiger partial charge is 0.444 e. The molecule has 1 amide bonds. The van der Waals surface area contributed by atoms with Gasteiger partial charge in [0.25, 0.3) is 0 Å². The summed E-state index contributed by atoms with van der Waals surface area (Å²) in [5, 5.41) is 0. The second kappa shape index (κ2) is 5.63. The van der Waals surface area contributed by atoms with E-state index in [0.717, 1.165) is 0 Å². The predicted octanol–water partition coefficient (Wildman–Crippen LogP) is 1.19. The van der Waals surface area contributed by atoms with Crippen LogP contribution in [0.2, 0.25) is 0 Å². The molecule has 0 aromatic heterocycles. The van der Waals surface area contributed by atoms with Crippen molar-refractivity contribution in [2.75, 3.05) is 25.5 Å². The Kier molecular flexibility index (Phi) is 4.85. The second-order valence-corrected chi connectivity index (χ2v) is 7.93. The van der Waals surface area contributed by atoms with Crippen LogP contribution in [-0.2, 0) is 18.5 Å². The van der Waals surface area contributed by atoms with Gasteiger partial charge in [-0.2, -0.15) is 0 Å². The van der Waals surface area contributed by atoms with Crippen LogP contribution < -0.4 is 0 Å². The molecule has 0 saturated carbocycles. The molecule has 1 fully saturated rings. The Balaban J connectivity index is 2.73. The lowest BCUT2D eigenvalue weighted by molar-refractivity contribution is -0.0270. The summed E-state index contributed by atoms with van der Waals surface area (Å²) in [6.07, 6.45) is -0.545. The summed E-state index contributed by atoms with van der Waals surface area (Å²) in [7, 11) is 1.52. The molecular weight excluding hydrogens is 282 g/mol. The first-order valence-corrected chi connectivity index (χ1v) is 8.06. The summed E-state index contributed by atoms with van der Waals surface area (Å²) in [6, 6.07) is -0.601. The summed E-state index contributed by atoms with van der Waals surface area (Å²) >= 11 is 0. The number of carbonyl (C=O) groups is 1. The van der Waals surface area contributed by atoms with Crippen LogP contribution in [-0.4, -0.2) is 56.6 Å². The van der Waals surface area contributed by atoms with Crippen molar-refractivity contribution in [1.82, 2.24) is 4.90 Å². The Morgan fingerprint density at radius 2 is 2.11 bits per heavy atom. The Bertz CT molecular complexity index is 403. The van der Waals surface area contributed by atoms with Gasteiger partial charge in [0.1, 0.15) is 5.60 Å². The van der Waals surface area contributed by atoms with Gasteiger partial charge in [0, 0.05) is 17.2 Å². The summed E-state index contributed by atoms with van der Waals surface area (Å²) in [4.78, 5) is 13.3. The zero-order valence-corrected chi connectivity index (χ0v) is 12.3. The molecule has 0 radical (unpaired) electrons. The zero-order valence-electron chi connectivity index (χ0n) is 10.7. The molecule has 0 aliphatic carbocycles. The molecule has 6 nitrogen and oxygen atoms in total. The standard InChI is InChI=1S/C10H18ClNO5S/c1-10(2,3)17-9(13)12-4-5-16-6-8(12)7-18(11,14)15/h8H,4-7H2,1-3H3. The second-order valence-electron chi connectivity index (χ2n) is 5.11. The fraction of sp³-hybridized carbons (Fsp3) is 0.900. The van der Waals surface area contributed by atoms with Crippen LogP contribution in [0.5, 0.6) is 0 Å². The predicted molar refractivity (Wildman–Crippen MR) is 67.2 cm³/mol. The van der Waals surface area contributed by atoms with E-state index in [1.165, 1.54) is 4.90 Å². The zero-order chi connectivity index (χ0) is 14.0. The van der Waals surface area contributed by atoms with Crippen molar-refractivity contribution < 1.29 is 22.7 Å². The van der Waals surface area contributed by atoms with Gasteiger partial charge in [-0.1, -0.05) is 0 Å². The molecule has 0 bridgehead atoms. The summed E-state index contributed by atoms with van der Waals surface area (Å²) in [5.74, 6) is -0.339. The van der Waals surface area contributed by atoms with Gasteiger partial charge in [-0.3, -0.25) is 4.90 Å². The average Bonchev–Trinajstić information content (AvgIpc) is 2.12. The number of morpholine rings is 1. The van der Waals surface area contributed by atoms with E-state index < -0.39 is 26.8 Å². The van der Waals surface area contributed by atoms with E-state index in [1.54, 1.807) is 20.8 Å². The Morgan fingerprint density at radius 3 is 2.61 bits per heavy atom. The van der Waals surface area contributed by atoms with Crippen LogP contribution in [0.4, 0.5) is 4.79 Å². The van der Waals surface area contributed by atoms with E-state index in [-0.39, 0.29) is 12.4 Å². The van der Waals surface area contributed by atoms with Crippen molar-refractivity contribution in [3.05, 3.63) is 0 Å². The minimum Gasteiger partial charge on any atom is -0.444 e. The number of hydrogen-bond acceptors (Lipinski definition) is 5. The lowest BCUT2D eigenvalue weighted by Gasteiger charge is -2.35. The first-order chi connectivity index (χ1) is 8.08. The third-order valence-electron chi connectivity index (χ3n) is 2.25. The molecule has 0 aromatic carbocycles. The Labute approximate surface area is 112 Å². The lowest BCUT2D eigenvalue weighted by atomic mass is 10.2. The molecule has 1 aliphatic heterocycles. The number of carbonyl (C=O) groups excluding carboxylic acids is 1. The minimum atomic E-state index is -3.69. The number of halogens is 1. The van der Waals surface area contributed by atoms with E-state index in [1.807, 2.05) is 0 Å². The molecule has 0 N–H and O–H groups in total. The maximum atomic E-state index is 11.9. The van der Waals surface area contributed by atoms with Crippen molar-refractivity contribution in [3.63, 3.8) is 0 Å². The number of ether oxygens (including phenoxy) is 2. The highest BCUT2D eigenvalue weighted by Gasteiger charge is 2.33. The maximum Gasteiger partial charge on any atom is 0.410 e. The van der Waals surface area contributed by atoms with Crippen LogP contribution in [0.25, 0.3) is 0 Å². The van der Waals surface area contributed by atoms with Crippen LogP contribution in [0.1, 0.15) is 20.8 Å². The quantitative estimate of drug-likeness (QED) is 0.716. The first-order valence-electron chi connectivity index (χ1n) is 5.58. The fourth-order valence-corrected chi connectivity index (χ4v) is 2.76. The SMILES string of the molecule is CC(C)(C)OC(=O)N1CCOCC1CS(=O)(=O)Cl. The number of amides is 1. The van der Waals surface area contributed by atoms with Crippen LogP contribution >= 0.6 is 10.7 Å². The average molecular weight is 300 g/mol. The van der Waals surface area contributed by atoms with Crippen molar-refractivity contribution in [1.29, 1.82) is 0 Å². The monoisotopic (exact) mass is 299 g/mol. The van der Waals surface area contributed by atoms with Crippen molar-refractivity contribution >= 4 is 25.8 Å². The van der Waals surface area contributed by atoms with Gasteiger partial charge in [0.2, 0.25) is 9.05 Å². The van der Waals surface area contributed by atoms with Crippen molar-refractivity contribution in [2.45, 2.75) is 32.4 Å². The molecular formula is C10H18ClNO5S. The third-order valence-corrected chi connectivity index (χ3v) is 3.41. The van der Waals surface area contributed by atoms with Gasteiger partial charge in [0.05, 0.1) is 25.0 Å². The molecule has 1 atom stereocenters. The molecule has 1 heterocycles. The Morgan fingerprint density at radius 1 is 1.50 bits per heavy atom. The van der Waals surface area contributed by atoms with E-state index >= 15 is 0 Å². The smallest absolute Gasteiger partial charge is 0.410 e. The van der Waals surface area contributed by atoms with Gasteiger partial charge in [-0.15, -0.1) is 0 Å². The molecule has 8 heteroatoms. The highest BCUT2D eigenvalue weighted by Crippen LogP contribution is 2.16. The van der Waals surface area contributed by atoms with E-state index in [2.05, 4.69) is 0 Å². The molecule has 106 valence electrons. The van der Waals surface area contributed by atoms with E-state index in [9.17, 15) is 13.2 Å². The first kappa shape index (κ1) is 15.5. The minimum absolute atomic E-state index is 0.144. The van der Waals surface area contributed by atoms with Gasteiger partial charge in [0.15, 0.2) is 0 Å². The van der Waals surface area contributed by atoms with Gasteiger partial charge < -0.3 is 9.47 Å². The highest BCUT2D eigenvalue weighted by atomic mass is 35.7. The molecule has 1 aliphatic rings. The number of rotatable bonds is 2. The van der Waals surface area contributed by atoms with Gasteiger partial charge in [-0.05, 0) is 20.8 Å². The van der Waals surface area contributed by atoms with Gasteiger partial charge >= 0.3 is 6.09 Å². The molecule has 1 unspecified atom stereocenters. The number of hydrogen-bond donors (Lipinski definition) is 0. The van der Waals surface area contributed by atoms with Crippen LogP contribution in [0.3, 0.4) is 0 Å². The normalized spacial score (nSPS) is 21.8. The molecule has 0 spiro atoms. The van der Waals surface area contributed by atoms with Gasteiger partial charge in [-0.25, -0.2) is 13.2 Å². The van der Waals surface area contributed by atoms with Crippen molar-refractivity contribution in [3.8, 4) is 0 Å². The van der Waals surface area contributed by atoms with E-state index in [4.69, 9.17) is 20.2 Å². The summed E-state index contributed by atoms with van der Waals surface area (Å²) in [5.41, 5.74) is -0.625. The van der Waals surface area contributed by atoms with E-state index in [0.29, 0.717) is 13.2 Å². The number of nitrogens with zero attached hydrogens (tertiary/aromatic N) is 1. The topological polar surface area (TPSA) is 72.9 Å². The maximum absolute atomic E-state index is 11.9. The fourth-order valence-electron chi connectivity index (χ4n) is 1.58. The van der Waals surface area contributed by atoms with Crippen LogP contribution in [0.15, 0.2) is 0 Å². The molecule has 18 heavy (non-hydrogen) atoms. The Hall–Kier alpha value is -0.530. The molecule has 0 aromatic rings. The molecule has 1 saturated heterocycles. The summed E-state index contributed by atoms with van der Waals surface area (Å²) in [6.45, 7) is 6.05. The van der Waals surface area contributed by atoms with Crippen LogP contribution in [0, 0.1) is 0 Å². The van der Waals surface area contributed by atoms with Crippen molar-refractivity contribution in [2.24, 2.45) is 0 Å². The third kappa shape index (κ3) is 5.41. The molecule has 1 rings (SSSR count). The summed E-state index contributed by atoms with van der Waals surface area (Å²) < 4.78 is 32.5.